The lowest BCUT2D eigenvalue weighted by Crippen LogP contribution is -2.36. The zero-order valence-corrected chi connectivity index (χ0v) is 11.3. The van der Waals surface area contributed by atoms with Crippen molar-refractivity contribution in [1.82, 2.24) is 4.90 Å². The fraction of sp³-hybridized carbons (Fsp3) is 0.571. The molecule has 0 saturated carbocycles. The van der Waals surface area contributed by atoms with Crippen LogP contribution in [0.5, 0.6) is 0 Å². The molecule has 1 fully saturated rings. The van der Waals surface area contributed by atoms with E-state index in [1.54, 1.807) is 0 Å². The smallest absolute Gasteiger partial charge is 0.0594 e. The zero-order valence-electron chi connectivity index (χ0n) is 10.5. The number of ether oxygens (including phenoxy) is 1. The lowest BCUT2D eigenvalue weighted by atomic mass is 10.2. The molecular formula is C14H21NOS. The second-order valence-corrected chi connectivity index (χ2v) is 5.64. The minimum atomic E-state index is 0.908. The van der Waals surface area contributed by atoms with Gasteiger partial charge in [-0.1, -0.05) is 17.7 Å². The van der Waals surface area contributed by atoms with Gasteiger partial charge in [0.2, 0.25) is 0 Å². The Bertz CT molecular complexity index is 319. The Balaban J connectivity index is 1.60. The van der Waals surface area contributed by atoms with Crippen LogP contribution in [0, 0.1) is 6.92 Å². The summed E-state index contributed by atoms with van der Waals surface area (Å²) < 4.78 is 5.34. The molecule has 0 aromatic heterocycles. The minimum Gasteiger partial charge on any atom is -0.379 e. The van der Waals surface area contributed by atoms with E-state index >= 15 is 0 Å². The number of nitrogens with zero attached hydrogens (tertiary/aromatic N) is 1. The highest BCUT2D eigenvalue weighted by atomic mass is 32.2. The molecule has 0 spiro atoms. The Morgan fingerprint density at radius 3 is 2.59 bits per heavy atom. The molecule has 2 rings (SSSR count). The van der Waals surface area contributed by atoms with Crippen LogP contribution in [0.4, 0.5) is 0 Å². The van der Waals surface area contributed by atoms with Crippen molar-refractivity contribution in [3.05, 3.63) is 29.8 Å². The molecule has 0 unspecified atom stereocenters. The van der Waals surface area contributed by atoms with Gasteiger partial charge in [0.25, 0.3) is 0 Å². The van der Waals surface area contributed by atoms with Gasteiger partial charge in [-0.2, -0.15) is 0 Å². The quantitative estimate of drug-likeness (QED) is 0.590. The van der Waals surface area contributed by atoms with Gasteiger partial charge >= 0.3 is 0 Å². The van der Waals surface area contributed by atoms with Gasteiger partial charge in [0.05, 0.1) is 13.2 Å². The monoisotopic (exact) mass is 251 g/mol. The van der Waals surface area contributed by atoms with Crippen LogP contribution in [0.3, 0.4) is 0 Å². The van der Waals surface area contributed by atoms with Gasteiger partial charge in [0.1, 0.15) is 0 Å². The first-order valence-corrected chi connectivity index (χ1v) is 7.33. The van der Waals surface area contributed by atoms with Gasteiger partial charge in [-0.05, 0) is 37.8 Å². The summed E-state index contributed by atoms with van der Waals surface area (Å²) in [5.41, 5.74) is 1.34. The number of hydrogen-bond donors (Lipinski definition) is 0. The molecule has 1 aliphatic heterocycles. The highest BCUT2D eigenvalue weighted by Crippen LogP contribution is 2.19. The van der Waals surface area contributed by atoms with Gasteiger partial charge in [0.15, 0.2) is 0 Å². The van der Waals surface area contributed by atoms with Crippen molar-refractivity contribution in [2.24, 2.45) is 0 Å². The third-order valence-corrected chi connectivity index (χ3v) is 4.11. The minimum absolute atomic E-state index is 0.908. The van der Waals surface area contributed by atoms with Crippen molar-refractivity contribution in [2.75, 3.05) is 38.6 Å². The summed E-state index contributed by atoms with van der Waals surface area (Å²) in [7, 11) is 0. The average Bonchev–Trinajstić information content (AvgIpc) is 2.38. The largest absolute Gasteiger partial charge is 0.379 e. The molecule has 17 heavy (non-hydrogen) atoms. The Morgan fingerprint density at radius 2 is 1.88 bits per heavy atom. The van der Waals surface area contributed by atoms with E-state index in [9.17, 15) is 0 Å². The lowest BCUT2D eigenvalue weighted by molar-refractivity contribution is 0.0381. The topological polar surface area (TPSA) is 12.5 Å². The Labute approximate surface area is 108 Å². The Morgan fingerprint density at radius 1 is 1.18 bits per heavy atom. The first-order chi connectivity index (χ1) is 8.34. The molecule has 94 valence electrons. The average molecular weight is 251 g/mol. The van der Waals surface area contributed by atoms with E-state index in [-0.39, 0.29) is 0 Å². The second kappa shape index (κ2) is 7.04. The number of hydrogen-bond acceptors (Lipinski definition) is 3. The molecule has 0 amide bonds. The number of morpholine rings is 1. The lowest BCUT2D eigenvalue weighted by Gasteiger charge is -2.26. The second-order valence-electron chi connectivity index (χ2n) is 4.47. The van der Waals surface area contributed by atoms with Crippen molar-refractivity contribution in [3.63, 3.8) is 0 Å². The number of rotatable bonds is 5. The highest BCUT2D eigenvalue weighted by Gasteiger charge is 2.08. The van der Waals surface area contributed by atoms with Crippen molar-refractivity contribution < 1.29 is 4.74 Å². The van der Waals surface area contributed by atoms with Crippen LogP contribution in [-0.2, 0) is 4.74 Å². The predicted molar refractivity (Wildman–Crippen MR) is 73.8 cm³/mol. The molecule has 0 N–H and O–H groups in total. The van der Waals surface area contributed by atoms with Gasteiger partial charge in [-0.15, -0.1) is 11.8 Å². The van der Waals surface area contributed by atoms with Crippen molar-refractivity contribution in [2.45, 2.75) is 18.2 Å². The van der Waals surface area contributed by atoms with E-state index in [1.165, 1.54) is 29.2 Å². The maximum Gasteiger partial charge on any atom is 0.0594 e. The van der Waals surface area contributed by atoms with Crippen LogP contribution in [-0.4, -0.2) is 43.5 Å². The molecule has 0 aliphatic carbocycles. The molecule has 0 atom stereocenters. The Hall–Kier alpha value is -0.510. The van der Waals surface area contributed by atoms with E-state index in [4.69, 9.17) is 4.74 Å². The zero-order chi connectivity index (χ0) is 11.9. The SMILES string of the molecule is Cc1ccc(SCCCN2CCOCC2)cc1. The summed E-state index contributed by atoms with van der Waals surface area (Å²) in [6, 6.07) is 8.80. The molecule has 0 radical (unpaired) electrons. The molecule has 1 heterocycles. The summed E-state index contributed by atoms with van der Waals surface area (Å²) in [5.74, 6) is 1.21. The maximum atomic E-state index is 5.34. The van der Waals surface area contributed by atoms with Crippen LogP contribution < -0.4 is 0 Å². The first-order valence-electron chi connectivity index (χ1n) is 6.34. The van der Waals surface area contributed by atoms with E-state index in [0.717, 1.165) is 26.3 Å². The molecule has 1 saturated heterocycles. The third kappa shape index (κ3) is 4.70. The molecule has 1 aliphatic rings. The van der Waals surface area contributed by atoms with Gasteiger partial charge in [-0.3, -0.25) is 4.90 Å². The fourth-order valence-electron chi connectivity index (χ4n) is 1.94. The van der Waals surface area contributed by atoms with Gasteiger partial charge in [-0.25, -0.2) is 0 Å². The number of aryl methyl sites for hydroxylation is 1. The summed E-state index contributed by atoms with van der Waals surface area (Å²) in [6.45, 7) is 7.37. The maximum absolute atomic E-state index is 5.34. The van der Waals surface area contributed by atoms with Crippen molar-refractivity contribution in [1.29, 1.82) is 0 Å². The van der Waals surface area contributed by atoms with E-state index in [2.05, 4.69) is 36.1 Å². The van der Waals surface area contributed by atoms with Crippen molar-refractivity contribution >= 4 is 11.8 Å². The molecule has 0 bridgehead atoms. The van der Waals surface area contributed by atoms with Crippen LogP contribution in [0.25, 0.3) is 0 Å². The third-order valence-electron chi connectivity index (χ3n) is 3.01. The summed E-state index contributed by atoms with van der Waals surface area (Å²) in [5, 5.41) is 0. The predicted octanol–water partition coefficient (Wildman–Crippen LogP) is 2.81. The van der Waals surface area contributed by atoms with Gasteiger partial charge < -0.3 is 4.74 Å². The summed E-state index contributed by atoms with van der Waals surface area (Å²) >= 11 is 1.96. The summed E-state index contributed by atoms with van der Waals surface area (Å²) in [4.78, 5) is 3.89. The fourth-order valence-corrected chi connectivity index (χ4v) is 2.78. The van der Waals surface area contributed by atoms with Crippen LogP contribution >= 0.6 is 11.8 Å². The summed E-state index contributed by atoms with van der Waals surface area (Å²) in [6.07, 6.45) is 1.26. The first kappa shape index (κ1) is 12.9. The molecule has 3 heteroatoms. The molecule has 2 nitrogen and oxygen atoms in total. The van der Waals surface area contributed by atoms with Gasteiger partial charge in [0, 0.05) is 18.0 Å². The Kier molecular flexibility index (Phi) is 5.36. The van der Waals surface area contributed by atoms with Crippen LogP contribution in [0.2, 0.25) is 0 Å². The van der Waals surface area contributed by atoms with E-state index in [0.29, 0.717) is 0 Å². The number of thioether (sulfide) groups is 1. The molecule has 1 aromatic rings. The van der Waals surface area contributed by atoms with E-state index in [1.807, 2.05) is 11.8 Å². The van der Waals surface area contributed by atoms with Crippen molar-refractivity contribution in [3.8, 4) is 0 Å². The number of benzene rings is 1. The molecule has 1 aromatic carbocycles. The highest BCUT2D eigenvalue weighted by molar-refractivity contribution is 7.99. The van der Waals surface area contributed by atoms with Crippen LogP contribution in [0.15, 0.2) is 29.2 Å². The standard InChI is InChI=1S/C14H21NOS/c1-13-3-5-14(6-4-13)17-12-2-7-15-8-10-16-11-9-15/h3-6H,2,7-12H2,1H3. The van der Waals surface area contributed by atoms with E-state index < -0.39 is 0 Å². The molecular weight excluding hydrogens is 230 g/mol. The normalized spacial score (nSPS) is 17.2. The van der Waals surface area contributed by atoms with Crippen LogP contribution in [0.1, 0.15) is 12.0 Å².